The number of hydrogen-bond donors (Lipinski definition) is 2. The van der Waals surface area contributed by atoms with Crippen LogP contribution >= 0.6 is 0 Å². The van der Waals surface area contributed by atoms with Crippen LogP contribution in [0.3, 0.4) is 0 Å². The van der Waals surface area contributed by atoms with Gasteiger partial charge in [-0.1, -0.05) is 13.8 Å². The van der Waals surface area contributed by atoms with Crippen LogP contribution in [0.5, 0.6) is 0 Å². The van der Waals surface area contributed by atoms with Gasteiger partial charge in [0.1, 0.15) is 0 Å². The van der Waals surface area contributed by atoms with E-state index in [4.69, 9.17) is 5.73 Å². The summed E-state index contributed by atoms with van der Waals surface area (Å²) in [5.41, 5.74) is 5.42. The summed E-state index contributed by atoms with van der Waals surface area (Å²) < 4.78 is 0. The molecule has 1 aliphatic carbocycles. The molecule has 1 fully saturated rings. The molecule has 1 saturated carbocycles. The van der Waals surface area contributed by atoms with E-state index in [9.17, 15) is 9.90 Å². The standard InChI is InChI=1S/C11H22N2O2/c1-10(2,3)13(9(14)15)8-6-7(12)11(8,4)5/h7-8H,6,12H2,1-5H3,(H,14,15). The van der Waals surface area contributed by atoms with Crippen molar-refractivity contribution in [2.75, 3.05) is 0 Å². The van der Waals surface area contributed by atoms with Gasteiger partial charge in [-0.05, 0) is 27.2 Å². The van der Waals surface area contributed by atoms with Crippen molar-refractivity contribution in [2.45, 2.75) is 58.7 Å². The summed E-state index contributed by atoms with van der Waals surface area (Å²) in [4.78, 5) is 12.8. The lowest BCUT2D eigenvalue weighted by Gasteiger charge is -2.57. The van der Waals surface area contributed by atoms with Crippen LogP contribution in [-0.4, -0.2) is 33.7 Å². The summed E-state index contributed by atoms with van der Waals surface area (Å²) in [5.74, 6) is 0. The van der Waals surface area contributed by atoms with Crippen LogP contribution < -0.4 is 5.73 Å². The van der Waals surface area contributed by atoms with Gasteiger partial charge >= 0.3 is 6.09 Å². The second-order valence-electron chi connectivity index (χ2n) is 6.00. The highest BCUT2D eigenvalue weighted by atomic mass is 16.4. The number of amides is 1. The Bertz CT molecular complexity index is 268. The predicted molar refractivity (Wildman–Crippen MR) is 59.8 cm³/mol. The maximum Gasteiger partial charge on any atom is 0.408 e. The normalized spacial score (nSPS) is 29.5. The topological polar surface area (TPSA) is 66.6 Å². The van der Waals surface area contributed by atoms with Gasteiger partial charge in [-0.3, -0.25) is 4.90 Å². The molecule has 1 amide bonds. The molecule has 0 spiro atoms. The van der Waals surface area contributed by atoms with Gasteiger partial charge in [0.05, 0.1) is 0 Å². The van der Waals surface area contributed by atoms with Crippen LogP contribution in [0.1, 0.15) is 41.0 Å². The van der Waals surface area contributed by atoms with Crippen molar-refractivity contribution < 1.29 is 9.90 Å². The fourth-order valence-corrected chi connectivity index (χ4v) is 2.26. The molecule has 0 aromatic heterocycles. The average Bonchev–Trinajstić information content (AvgIpc) is 2.00. The minimum Gasteiger partial charge on any atom is -0.465 e. The predicted octanol–water partition coefficient (Wildman–Crippen LogP) is 1.89. The Morgan fingerprint density at radius 1 is 1.47 bits per heavy atom. The van der Waals surface area contributed by atoms with E-state index in [-0.39, 0.29) is 23.0 Å². The zero-order valence-corrected chi connectivity index (χ0v) is 10.2. The van der Waals surface area contributed by atoms with Crippen molar-refractivity contribution in [3.8, 4) is 0 Å². The number of hydrogen-bond acceptors (Lipinski definition) is 2. The van der Waals surface area contributed by atoms with E-state index in [2.05, 4.69) is 0 Å². The first-order chi connectivity index (χ1) is 6.58. The molecule has 0 aliphatic heterocycles. The van der Waals surface area contributed by atoms with Crippen molar-refractivity contribution in [2.24, 2.45) is 11.1 Å². The van der Waals surface area contributed by atoms with Gasteiger partial charge in [-0.25, -0.2) is 4.79 Å². The van der Waals surface area contributed by atoms with Gasteiger partial charge in [0.25, 0.3) is 0 Å². The molecule has 15 heavy (non-hydrogen) atoms. The van der Waals surface area contributed by atoms with Crippen LogP contribution in [-0.2, 0) is 0 Å². The van der Waals surface area contributed by atoms with Gasteiger partial charge in [0, 0.05) is 23.0 Å². The molecule has 4 nitrogen and oxygen atoms in total. The summed E-state index contributed by atoms with van der Waals surface area (Å²) >= 11 is 0. The summed E-state index contributed by atoms with van der Waals surface area (Å²) in [5, 5.41) is 9.25. The highest BCUT2D eigenvalue weighted by Gasteiger charge is 2.52. The summed E-state index contributed by atoms with van der Waals surface area (Å²) in [6.45, 7) is 9.82. The Kier molecular flexibility index (Phi) is 2.76. The molecule has 4 heteroatoms. The van der Waals surface area contributed by atoms with Crippen molar-refractivity contribution in [1.82, 2.24) is 4.90 Å². The molecule has 1 rings (SSSR count). The van der Waals surface area contributed by atoms with Crippen LogP contribution in [0.4, 0.5) is 4.79 Å². The van der Waals surface area contributed by atoms with Crippen molar-refractivity contribution in [3.05, 3.63) is 0 Å². The van der Waals surface area contributed by atoms with E-state index in [0.29, 0.717) is 0 Å². The highest BCUT2D eigenvalue weighted by molar-refractivity contribution is 5.67. The largest absolute Gasteiger partial charge is 0.465 e. The molecule has 88 valence electrons. The third-order valence-electron chi connectivity index (χ3n) is 3.53. The quantitative estimate of drug-likeness (QED) is 0.700. The smallest absolute Gasteiger partial charge is 0.408 e. The molecule has 0 radical (unpaired) electrons. The fraction of sp³-hybridized carbons (Fsp3) is 0.909. The molecule has 2 unspecified atom stereocenters. The third kappa shape index (κ3) is 1.95. The molecular weight excluding hydrogens is 192 g/mol. The van der Waals surface area contributed by atoms with Gasteiger partial charge in [0.2, 0.25) is 0 Å². The first kappa shape index (κ1) is 12.3. The van der Waals surface area contributed by atoms with Crippen LogP contribution in [0.25, 0.3) is 0 Å². The Hall–Kier alpha value is -0.770. The average molecular weight is 214 g/mol. The molecule has 0 heterocycles. The van der Waals surface area contributed by atoms with Gasteiger partial charge < -0.3 is 10.8 Å². The summed E-state index contributed by atoms with van der Waals surface area (Å²) in [6.07, 6.45) is -0.0937. The lowest BCUT2D eigenvalue weighted by molar-refractivity contribution is -0.0491. The van der Waals surface area contributed by atoms with E-state index >= 15 is 0 Å². The van der Waals surface area contributed by atoms with Crippen molar-refractivity contribution >= 4 is 6.09 Å². The van der Waals surface area contributed by atoms with Gasteiger partial charge in [-0.2, -0.15) is 0 Å². The molecular formula is C11H22N2O2. The van der Waals surface area contributed by atoms with E-state index in [1.807, 2.05) is 34.6 Å². The second kappa shape index (κ2) is 3.37. The number of carboxylic acid groups (broad SMARTS) is 1. The number of nitrogens with two attached hydrogens (primary N) is 1. The SMILES string of the molecule is CC1(C)C(N)CC1N(C(=O)O)C(C)(C)C. The zero-order valence-electron chi connectivity index (χ0n) is 10.2. The maximum absolute atomic E-state index is 11.3. The van der Waals surface area contributed by atoms with Crippen LogP contribution in [0, 0.1) is 5.41 Å². The first-order valence-corrected chi connectivity index (χ1v) is 5.36. The molecule has 0 bridgehead atoms. The maximum atomic E-state index is 11.3. The summed E-state index contributed by atoms with van der Waals surface area (Å²) in [6, 6.07) is 0.136. The molecule has 0 saturated heterocycles. The molecule has 2 atom stereocenters. The Morgan fingerprint density at radius 2 is 1.93 bits per heavy atom. The highest BCUT2D eigenvalue weighted by Crippen LogP contribution is 2.44. The zero-order chi connectivity index (χ0) is 12.0. The molecule has 1 aliphatic rings. The van der Waals surface area contributed by atoms with E-state index in [1.165, 1.54) is 4.90 Å². The minimum atomic E-state index is -0.854. The first-order valence-electron chi connectivity index (χ1n) is 5.36. The van der Waals surface area contributed by atoms with Crippen molar-refractivity contribution in [1.29, 1.82) is 0 Å². The van der Waals surface area contributed by atoms with Crippen LogP contribution in [0.15, 0.2) is 0 Å². The Morgan fingerprint density at radius 3 is 2.13 bits per heavy atom. The number of carbonyl (C=O) groups is 1. The molecule has 0 aromatic carbocycles. The van der Waals surface area contributed by atoms with Gasteiger partial charge in [-0.15, -0.1) is 0 Å². The molecule has 3 N–H and O–H groups in total. The number of nitrogens with zero attached hydrogens (tertiary/aromatic N) is 1. The summed E-state index contributed by atoms with van der Waals surface area (Å²) in [7, 11) is 0. The Balaban J connectivity index is 2.90. The second-order valence-corrected chi connectivity index (χ2v) is 6.00. The monoisotopic (exact) mass is 214 g/mol. The third-order valence-corrected chi connectivity index (χ3v) is 3.53. The van der Waals surface area contributed by atoms with E-state index in [0.717, 1.165) is 6.42 Å². The fourth-order valence-electron chi connectivity index (χ4n) is 2.26. The number of rotatable bonds is 1. The molecule has 0 aromatic rings. The lowest BCUT2D eigenvalue weighted by atomic mass is 9.62. The van der Waals surface area contributed by atoms with E-state index in [1.54, 1.807) is 0 Å². The Labute approximate surface area is 91.4 Å². The van der Waals surface area contributed by atoms with E-state index < -0.39 is 6.09 Å². The van der Waals surface area contributed by atoms with Crippen molar-refractivity contribution in [3.63, 3.8) is 0 Å². The van der Waals surface area contributed by atoms with Gasteiger partial charge in [0.15, 0.2) is 0 Å². The van der Waals surface area contributed by atoms with Crippen LogP contribution in [0.2, 0.25) is 0 Å². The lowest BCUT2D eigenvalue weighted by Crippen LogP contribution is -2.68. The minimum absolute atomic E-state index is 0.0324.